The maximum absolute atomic E-state index is 12.4. The third kappa shape index (κ3) is 4.65. The van der Waals surface area contributed by atoms with Gasteiger partial charge in [0.2, 0.25) is 11.8 Å². The minimum Gasteiger partial charge on any atom is -0.352 e. The Bertz CT molecular complexity index is 590. The summed E-state index contributed by atoms with van der Waals surface area (Å²) in [7, 11) is 0. The first-order valence-corrected chi connectivity index (χ1v) is 9.76. The highest BCUT2D eigenvalue weighted by Gasteiger charge is 2.34. The summed E-state index contributed by atoms with van der Waals surface area (Å²) in [6, 6.07) is 7.32. The van der Waals surface area contributed by atoms with E-state index in [2.05, 4.69) is 10.6 Å². The number of carbonyl (C=O) groups is 2. The highest BCUT2D eigenvalue weighted by molar-refractivity contribution is 7.99. The van der Waals surface area contributed by atoms with Crippen molar-refractivity contribution >= 4 is 35.2 Å². The van der Waals surface area contributed by atoms with Crippen molar-refractivity contribution in [1.29, 1.82) is 0 Å². The number of thioether (sulfide) groups is 1. The number of hydrogen-bond donors (Lipinski definition) is 2. The van der Waals surface area contributed by atoms with E-state index in [0.717, 1.165) is 36.7 Å². The van der Waals surface area contributed by atoms with Crippen LogP contribution in [0, 0.1) is 5.92 Å². The Labute approximate surface area is 151 Å². The molecule has 1 aromatic rings. The second kappa shape index (κ2) is 8.23. The van der Waals surface area contributed by atoms with Gasteiger partial charge >= 0.3 is 0 Å². The maximum atomic E-state index is 12.4. The molecule has 2 aliphatic heterocycles. The van der Waals surface area contributed by atoms with Crippen molar-refractivity contribution in [2.45, 2.75) is 25.4 Å². The van der Waals surface area contributed by atoms with Crippen LogP contribution >= 0.6 is 23.4 Å². The lowest BCUT2D eigenvalue weighted by molar-refractivity contribution is -0.131. The zero-order valence-corrected chi connectivity index (χ0v) is 15.0. The van der Waals surface area contributed by atoms with Crippen LogP contribution in [0.25, 0.3) is 0 Å². The molecule has 2 heterocycles. The van der Waals surface area contributed by atoms with E-state index in [-0.39, 0.29) is 23.8 Å². The van der Waals surface area contributed by atoms with Crippen molar-refractivity contribution in [2.24, 2.45) is 5.92 Å². The molecular weight excluding hydrogens is 346 g/mol. The van der Waals surface area contributed by atoms with Gasteiger partial charge in [-0.2, -0.15) is 0 Å². The molecule has 0 bridgehead atoms. The fourth-order valence-corrected chi connectivity index (χ4v) is 4.18. The minimum absolute atomic E-state index is 0.0292. The van der Waals surface area contributed by atoms with Crippen LogP contribution < -0.4 is 10.6 Å². The van der Waals surface area contributed by atoms with E-state index in [1.54, 1.807) is 11.8 Å². The lowest BCUT2D eigenvalue weighted by atomic mass is 10.0. The van der Waals surface area contributed by atoms with Crippen LogP contribution in [0.15, 0.2) is 24.3 Å². The summed E-state index contributed by atoms with van der Waals surface area (Å²) >= 11 is 7.64. The van der Waals surface area contributed by atoms with E-state index in [1.165, 1.54) is 0 Å². The van der Waals surface area contributed by atoms with Gasteiger partial charge in [0.15, 0.2) is 0 Å². The van der Waals surface area contributed by atoms with Gasteiger partial charge in [-0.1, -0.05) is 23.7 Å². The molecule has 2 N–H and O–H groups in total. The van der Waals surface area contributed by atoms with Crippen LogP contribution in [-0.2, 0) is 16.1 Å². The van der Waals surface area contributed by atoms with Crippen LogP contribution in [0.5, 0.6) is 0 Å². The normalized spacial score (nSPS) is 23.5. The molecule has 2 unspecified atom stereocenters. The van der Waals surface area contributed by atoms with Gasteiger partial charge in [0.25, 0.3) is 0 Å². The van der Waals surface area contributed by atoms with Crippen LogP contribution in [0.4, 0.5) is 0 Å². The molecule has 0 radical (unpaired) electrons. The fourth-order valence-electron chi connectivity index (χ4n) is 3.10. The Kier molecular flexibility index (Phi) is 6.03. The summed E-state index contributed by atoms with van der Waals surface area (Å²) in [6.07, 6.45) is 1.20. The average molecular weight is 368 g/mol. The first-order valence-electron chi connectivity index (χ1n) is 8.23. The van der Waals surface area contributed by atoms with Crippen molar-refractivity contribution < 1.29 is 9.59 Å². The molecule has 0 spiro atoms. The number of nitrogens with one attached hydrogen (secondary N) is 2. The number of hydrogen-bond acceptors (Lipinski definition) is 4. The average Bonchev–Trinajstić information content (AvgIpc) is 3.25. The summed E-state index contributed by atoms with van der Waals surface area (Å²) in [5.74, 6) is 2.25. The molecular formula is C17H22ClN3O2S. The van der Waals surface area contributed by atoms with Gasteiger partial charge < -0.3 is 15.5 Å². The van der Waals surface area contributed by atoms with Gasteiger partial charge in [0, 0.05) is 30.3 Å². The zero-order chi connectivity index (χ0) is 16.9. The fraction of sp³-hybridized carbons (Fsp3) is 0.529. The molecule has 24 heavy (non-hydrogen) atoms. The van der Waals surface area contributed by atoms with Crippen molar-refractivity contribution in [3.05, 3.63) is 34.9 Å². The highest BCUT2D eigenvalue weighted by Crippen LogP contribution is 2.22. The van der Waals surface area contributed by atoms with Crippen LogP contribution in [-0.4, -0.2) is 47.5 Å². The smallest absolute Gasteiger partial charge is 0.240 e. The van der Waals surface area contributed by atoms with Gasteiger partial charge in [0.05, 0.1) is 11.9 Å². The monoisotopic (exact) mass is 367 g/mol. The lowest BCUT2D eigenvalue weighted by Gasteiger charge is -2.19. The Morgan fingerprint density at radius 1 is 1.33 bits per heavy atom. The lowest BCUT2D eigenvalue weighted by Crippen LogP contribution is -2.42. The second-order valence-corrected chi connectivity index (χ2v) is 7.82. The summed E-state index contributed by atoms with van der Waals surface area (Å²) in [5, 5.41) is 6.90. The van der Waals surface area contributed by atoms with Crippen molar-refractivity contribution in [2.75, 3.05) is 24.7 Å². The number of amides is 2. The first kappa shape index (κ1) is 17.6. The van der Waals surface area contributed by atoms with Gasteiger partial charge in [-0.15, -0.1) is 11.8 Å². The summed E-state index contributed by atoms with van der Waals surface area (Å²) in [4.78, 5) is 26.4. The quantitative estimate of drug-likeness (QED) is 0.833. The van der Waals surface area contributed by atoms with Crippen molar-refractivity contribution in [1.82, 2.24) is 15.5 Å². The van der Waals surface area contributed by atoms with Crippen molar-refractivity contribution in [3.8, 4) is 0 Å². The van der Waals surface area contributed by atoms with Crippen LogP contribution in [0.1, 0.15) is 18.4 Å². The summed E-state index contributed by atoms with van der Waals surface area (Å²) < 4.78 is 0. The third-order valence-electron chi connectivity index (χ3n) is 4.46. The molecule has 2 amide bonds. The van der Waals surface area contributed by atoms with Crippen molar-refractivity contribution in [3.63, 3.8) is 0 Å². The largest absolute Gasteiger partial charge is 0.352 e. The van der Waals surface area contributed by atoms with E-state index in [4.69, 9.17) is 11.6 Å². The molecule has 5 nitrogen and oxygen atoms in total. The molecule has 3 rings (SSSR count). The summed E-state index contributed by atoms with van der Waals surface area (Å²) in [5.41, 5.74) is 1.02. The molecule has 1 aromatic carbocycles. The van der Waals surface area contributed by atoms with E-state index < -0.39 is 0 Å². The molecule has 0 aliphatic carbocycles. The zero-order valence-electron chi connectivity index (χ0n) is 13.5. The standard InChI is InChI=1S/C17H22ClN3O2S/c18-14-3-1-12(2-4-14)9-20-16(22)8-13-7-15(19-10-13)17(23)21-5-6-24-11-21/h1-4,13,15,19H,5-11H2,(H,20,22). The van der Waals surface area contributed by atoms with Gasteiger partial charge in [0.1, 0.15) is 0 Å². The Balaban J connectivity index is 1.40. The topological polar surface area (TPSA) is 61.4 Å². The maximum Gasteiger partial charge on any atom is 0.240 e. The Morgan fingerprint density at radius 3 is 2.83 bits per heavy atom. The minimum atomic E-state index is -0.127. The third-order valence-corrected chi connectivity index (χ3v) is 5.68. The van der Waals surface area contributed by atoms with Gasteiger partial charge in [-0.05, 0) is 36.6 Å². The number of rotatable bonds is 5. The highest BCUT2D eigenvalue weighted by atomic mass is 35.5. The molecule has 2 saturated heterocycles. The molecule has 0 saturated carbocycles. The number of halogens is 1. The Morgan fingerprint density at radius 2 is 2.12 bits per heavy atom. The second-order valence-electron chi connectivity index (χ2n) is 6.31. The molecule has 2 atom stereocenters. The van der Waals surface area contributed by atoms with E-state index in [1.807, 2.05) is 29.2 Å². The van der Waals surface area contributed by atoms with E-state index in [0.29, 0.717) is 18.0 Å². The Hall–Kier alpha value is -1.24. The molecule has 130 valence electrons. The number of benzene rings is 1. The van der Waals surface area contributed by atoms with Gasteiger partial charge in [-0.25, -0.2) is 0 Å². The van der Waals surface area contributed by atoms with Gasteiger partial charge in [-0.3, -0.25) is 9.59 Å². The SMILES string of the molecule is O=C(CC1CNC(C(=O)N2CCSC2)C1)NCc1ccc(Cl)cc1. The molecule has 0 aromatic heterocycles. The van der Waals surface area contributed by atoms with E-state index in [9.17, 15) is 9.59 Å². The first-order chi connectivity index (χ1) is 11.6. The van der Waals surface area contributed by atoms with Crippen LogP contribution in [0.2, 0.25) is 5.02 Å². The number of carbonyl (C=O) groups excluding carboxylic acids is 2. The van der Waals surface area contributed by atoms with E-state index >= 15 is 0 Å². The molecule has 7 heteroatoms. The van der Waals surface area contributed by atoms with Crippen LogP contribution in [0.3, 0.4) is 0 Å². The predicted molar refractivity (Wildman–Crippen MR) is 96.9 cm³/mol. The number of nitrogens with zero attached hydrogens (tertiary/aromatic N) is 1. The molecule has 2 aliphatic rings. The predicted octanol–water partition coefficient (Wildman–Crippen LogP) is 1.86. The summed E-state index contributed by atoms with van der Waals surface area (Å²) in [6.45, 7) is 2.07. The molecule has 2 fully saturated rings.